The van der Waals surface area contributed by atoms with Gasteiger partial charge in [-0.1, -0.05) is 27.2 Å². The van der Waals surface area contributed by atoms with Crippen LogP contribution in [-0.2, 0) is 4.74 Å². The molecule has 3 fully saturated rings. The van der Waals surface area contributed by atoms with Crippen LogP contribution in [0.25, 0.3) is 0 Å². The minimum absolute atomic E-state index is 0.0138. The molecule has 0 aromatic heterocycles. The number of aliphatic hydroxyl groups excluding tert-OH is 3. The summed E-state index contributed by atoms with van der Waals surface area (Å²) in [5, 5.41) is 29.6. The molecular formula is C20H36O4. The van der Waals surface area contributed by atoms with Crippen LogP contribution in [0.4, 0.5) is 0 Å². The van der Waals surface area contributed by atoms with Crippen LogP contribution in [0, 0.1) is 22.7 Å². The first-order valence-electron chi connectivity index (χ1n) is 9.84. The lowest BCUT2D eigenvalue weighted by molar-refractivity contribution is -0.259. The van der Waals surface area contributed by atoms with Gasteiger partial charge in [-0.15, -0.1) is 0 Å². The monoisotopic (exact) mass is 340 g/mol. The second-order valence-corrected chi connectivity index (χ2v) is 9.42. The zero-order chi connectivity index (χ0) is 17.6. The van der Waals surface area contributed by atoms with Gasteiger partial charge in [0.25, 0.3) is 0 Å². The second-order valence-electron chi connectivity index (χ2n) is 9.42. The van der Waals surface area contributed by atoms with Crippen LogP contribution < -0.4 is 0 Å². The summed E-state index contributed by atoms with van der Waals surface area (Å²) in [6, 6.07) is 0. The van der Waals surface area contributed by atoms with Crippen molar-refractivity contribution >= 4 is 0 Å². The van der Waals surface area contributed by atoms with Crippen LogP contribution in [0.15, 0.2) is 0 Å². The van der Waals surface area contributed by atoms with Gasteiger partial charge in [-0.3, -0.25) is 0 Å². The maximum Gasteiger partial charge on any atom is 0.0942 e. The Morgan fingerprint density at radius 3 is 2.33 bits per heavy atom. The van der Waals surface area contributed by atoms with Crippen molar-refractivity contribution in [1.29, 1.82) is 0 Å². The molecule has 4 nitrogen and oxygen atoms in total. The summed E-state index contributed by atoms with van der Waals surface area (Å²) in [7, 11) is 0. The largest absolute Gasteiger partial charge is 0.396 e. The highest BCUT2D eigenvalue weighted by Gasteiger charge is 2.67. The number of hydrogen-bond acceptors (Lipinski definition) is 4. The third kappa shape index (κ3) is 2.40. The summed E-state index contributed by atoms with van der Waals surface area (Å²) < 4.78 is 6.80. The van der Waals surface area contributed by atoms with Crippen molar-refractivity contribution in [3.05, 3.63) is 0 Å². The highest BCUT2D eigenvalue weighted by molar-refractivity contribution is 5.16. The summed E-state index contributed by atoms with van der Waals surface area (Å²) in [5.41, 5.74) is -0.802. The van der Waals surface area contributed by atoms with E-state index in [1.54, 1.807) is 0 Å². The van der Waals surface area contributed by atoms with E-state index < -0.39 is 5.60 Å². The Labute approximate surface area is 146 Å². The minimum atomic E-state index is -0.582. The second kappa shape index (κ2) is 6.22. The van der Waals surface area contributed by atoms with E-state index in [9.17, 15) is 15.3 Å². The third-order valence-corrected chi connectivity index (χ3v) is 8.27. The molecule has 0 bridgehead atoms. The molecule has 0 unspecified atom stereocenters. The van der Waals surface area contributed by atoms with E-state index in [2.05, 4.69) is 20.8 Å². The lowest BCUT2D eigenvalue weighted by atomic mass is 9.44. The van der Waals surface area contributed by atoms with Crippen molar-refractivity contribution in [2.45, 2.75) is 83.3 Å². The number of rotatable bonds is 4. The fraction of sp³-hybridized carbons (Fsp3) is 1.00. The number of ether oxygens (including phenoxy) is 1. The van der Waals surface area contributed by atoms with Gasteiger partial charge in [-0.25, -0.2) is 0 Å². The third-order valence-electron chi connectivity index (χ3n) is 8.27. The summed E-state index contributed by atoms with van der Waals surface area (Å²) in [6.45, 7) is 7.23. The van der Waals surface area contributed by atoms with Gasteiger partial charge in [0.2, 0.25) is 0 Å². The summed E-state index contributed by atoms with van der Waals surface area (Å²) in [5.74, 6) is 0.912. The number of hydrogen-bond donors (Lipinski definition) is 3. The van der Waals surface area contributed by atoms with E-state index in [4.69, 9.17) is 4.74 Å². The van der Waals surface area contributed by atoms with E-state index >= 15 is 0 Å². The van der Waals surface area contributed by atoms with E-state index in [1.165, 1.54) is 0 Å². The van der Waals surface area contributed by atoms with Gasteiger partial charge in [0.05, 0.1) is 17.8 Å². The van der Waals surface area contributed by atoms with E-state index in [0.717, 1.165) is 44.9 Å². The van der Waals surface area contributed by atoms with Crippen molar-refractivity contribution in [2.75, 3.05) is 19.8 Å². The van der Waals surface area contributed by atoms with Crippen LogP contribution in [0.2, 0.25) is 0 Å². The Morgan fingerprint density at radius 1 is 0.958 bits per heavy atom. The van der Waals surface area contributed by atoms with Crippen LogP contribution in [0.3, 0.4) is 0 Å². The SMILES string of the molecule is C[C@@H]1CC[C@@H]2[C@](C)(CO)CCC[C@]2(C)[C@@]12CC[C@@](CO)(CCO)O2. The maximum atomic E-state index is 10.1. The molecule has 140 valence electrons. The molecule has 1 spiro atoms. The van der Waals surface area contributed by atoms with E-state index in [0.29, 0.717) is 18.3 Å². The molecule has 3 N–H and O–H groups in total. The first-order valence-corrected chi connectivity index (χ1v) is 9.84. The van der Waals surface area contributed by atoms with Crippen LogP contribution in [-0.4, -0.2) is 46.3 Å². The molecule has 3 rings (SSSR count). The van der Waals surface area contributed by atoms with Crippen molar-refractivity contribution in [3.8, 4) is 0 Å². The van der Waals surface area contributed by atoms with Crippen LogP contribution in [0.5, 0.6) is 0 Å². The van der Waals surface area contributed by atoms with Gasteiger partial charge in [-0.05, 0) is 55.8 Å². The molecule has 1 saturated heterocycles. The van der Waals surface area contributed by atoms with Crippen molar-refractivity contribution < 1.29 is 20.1 Å². The average Bonchev–Trinajstić information content (AvgIpc) is 2.95. The zero-order valence-electron chi connectivity index (χ0n) is 15.7. The standard InChI is InChI=1S/C20H36O4/c1-15-5-6-16-17(2,13-22)7-4-8-18(16,3)20(15)10-9-19(14-23,24-20)11-12-21/h15-16,21-23H,4-14H2,1-3H3/t15-,16-,17+,18+,19+,20-/m1/s1. The maximum absolute atomic E-state index is 10.1. The Balaban J connectivity index is 2.00. The zero-order valence-corrected chi connectivity index (χ0v) is 15.7. The molecule has 3 aliphatic rings. The molecule has 4 heteroatoms. The molecule has 0 aromatic carbocycles. The normalized spacial score (nSPS) is 51.8. The highest BCUT2D eigenvalue weighted by atomic mass is 16.5. The van der Waals surface area contributed by atoms with E-state index in [-0.39, 0.29) is 36.3 Å². The molecule has 1 aliphatic heterocycles. The topological polar surface area (TPSA) is 69.9 Å². The Hall–Kier alpha value is -0.160. The van der Waals surface area contributed by atoms with Gasteiger partial charge in [-0.2, -0.15) is 0 Å². The molecule has 0 amide bonds. The van der Waals surface area contributed by atoms with Gasteiger partial charge in [0.1, 0.15) is 0 Å². The Bertz CT molecular complexity index is 469. The summed E-state index contributed by atoms with van der Waals surface area (Å²) in [6.07, 6.45) is 7.94. The molecule has 0 radical (unpaired) electrons. The van der Waals surface area contributed by atoms with E-state index in [1.807, 2.05) is 0 Å². The first-order chi connectivity index (χ1) is 11.3. The van der Waals surface area contributed by atoms with Gasteiger partial charge < -0.3 is 20.1 Å². The molecule has 6 atom stereocenters. The van der Waals surface area contributed by atoms with Gasteiger partial charge >= 0.3 is 0 Å². The summed E-state index contributed by atoms with van der Waals surface area (Å²) in [4.78, 5) is 0. The first kappa shape index (κ1) is 18.6. The Morgan fingerprint density at radius 2 is 1.71 bits per heavy atom. The van der Waals surface area contributed by atoms with Crippen molar-refractivity contribution in [2.24, 2.45) is 22.7 Å². The predicted octanol–water partition coefficient (Wildman–Crippen LogP) is 2.88. The lowest BCUT2D eigenvalue weighted by Crippen LogP contribution is -2.64. The molecule has 0 aromatic rings. The number of aliphatic hydroxyl groups is 3. The van der Waals surface area contributed by atoms with Crippen molar-refractivity contribution in [3.63, 3.8) is 0 Å². The van der Waals surface area contributed by atoms with Crippen LogP contribution in [0.1, 0.15) is 72.1 Å². The fourth-order valence-electron chi connectivity index (χ4n) is 6.77. The van der Waals surface area contributed by atoms with Gasteiger partial charge in [0.15, 0.2) is 0 Å². The smallest absolute Gasteiger partial charge is 0.0942 e. The molecular weight excluding hydrogens is 304 g/mol. The summed E-state index contributed by atoms with van der Waals surface area (Å²) >= 11 is 0. The minimum Gasteiger partial charge on any atom is -0.396 e. The molecule has 2 aliphatic carbocycles. The van der Waals surface area contributed by atoms with Gasteiger partial charge in [0, 0.05) is 25.0 Å². The fourth-order valence-corrected chi connectivity index (χ4v) is 6.77. The van der Waals surface area contributed by atoms with Crippen LogP contribution >= 0.6 is 0 Å². The number of fused-ring (bicyclic) bond motifs is 2. The molecule has 24 heavy (non-hydrogen) atoms. The Kier molecular flexibility index (Phi) is 4.83. The molecule has 1 heterocycles. The average molecular weight is 341 g/mol. The predicted molar refractivity (Wildman–Crippen MR) is 93.6 cm³/mol. The highest BCUT2D eigenvalue weighted by Crippen LogP contribution is 2.67. The lowest BCUT2D eigenvalue weighted by Gasteiger charge is -2.64. The molecule has 2 saturated carbocycles. The van der Waals surface area contributed by atoms with Crippen molar-refractivity contribution in [1.82, 2.24) is 0 Å². The quantitative estimate of drug-likeness (QED) is 0.736.